The van der Waals surface area contributed by atoms with E-state index in [0.717, 1.165) is 30.5 Å². The Morgan fingerprint density at radius 1 is 1.11 bits per heavy atom. The van der Waals surface area contributed by atoms with E-state index in [1.807, 2.05) is 6.07 Å². The molecule has 0 radical (unpaired) electrons. The van der Waals surface area contributed by atoms with Crippen molar-refractivity contribution in [1.82, 2.24) is 5.32 Å². The number of benzene rings is 1. The van der Waals surface area contributed by atoms with Crippen LogP contribution in [0.3, 0.4) is 0 Å². The molecule has 1 fully saturated rings. The molecule has 3 rings (SSSR count). The van der Waals surface area contributed by atoms with Gasteiger partial charge in [0.15, 0.2) is 11.5 Å². The summed E-state index contributed by atoms with van der Waals surface area (Å²) in [6.07, 6.45) is 5.62. The Bertz CT molecular complexity index is 401. The van der Waals surface area contributed by atoms with Crippen molar-refractivity contribution in [3.63, 3.8) is 0 Å². The van der Waals surface area contributed by atoms with Crippen molar-refractivity contribution >= 4 is 0 Å². The molecule has 1 aliphatic heterocycles. The molecule has 0 aromatic heterocycles. The van der Waals surface area contributed by atoms with Crippen molar-refractivity contribution in [3.8, 4) is 11.5 Å². The van der Waals surface area contributed by atoms with E-state index in [9.17, 15) is 0 Å². The van der Waals surface area contributed by atoms with Gasteiger partial charge >= 0.3 is 0 Å². The minimum absolute atomic E-state index is 0.658. The van der Waals surface area contributed by atoms with Crippen LogP contribution in [0.1, 0.15) is 31.2 Å². The molecule has 2 aliphatic rings. The topological polar surface area (TPSA) is 30.5 Å². The second kappa shape index (κ2) is 5.61. The second-order valence-electron chi connectivity index (χ2n) is 5.24. The van der Waals surface area contributed by atoms with Gasteiger partial charge in [-0.1, -0.05) is 18.9 Å². The van der Waals surface area contributed by atoms with Crippen molar-refractivity contribution in [3.05, 3.63) is 23.8 Å². The van der Waals surface area contributed by atoms with Crippen molar-refractivity contribution in [2.45, 2.75) is 32.2 Å². The summed E-state index contributed by atoms with van der Waals surface area (Å²) >= 11 is 0. The van der Waals surface area contributed by atoms with Crippen LogP contribution in [0.4, 0.5) is 0 Å². The average molecular weight is 247 g/mol. The summed E-state index contributed by atoms with van der Waals surface area (Å²) in [4.78, 5) is 0. The standard InChI is InChI=1S/C15H21NO2/c1(2-12-3-4-12)7-16-11-13-5-6-14-15(10-13)18-9-8-17-14/h5-6,10,12,16H,1-4,7-9,11H2. The van der Waals surface area contributed by atoms with Crippen LogP contribution in [-0.2, 0) is 6.54 Å². The molecule has 0 bridgehead atoms. The Morgan fingerprint density at radius 3 is 2.78 bits per heavy atom. The predicted molar refractivity (Wildman–Crippen MR) is 71.1 cm³/mol. The first-order chi connectivity index (χ1) is 8.92. The Labute approximate surface area is 108 Å². The Kier molecular flexibility index (Phi) is 3.69. The van der Waals surface area contributed by atoms with Crippen LogP contribution in [-0.4, -0.2) is 19.8 Å². The molecule has 0 atom stereocenters. The van der Waals surface area contributed by atoms with Gasteiger partial charge in [0, 0.05) is 6.54 Å². The SMILES string of the molecule is c1cc2c(cc1CNCCCC1CC1)OCCO2. The van der Waals surface area contributed by atoms with Gasteiger partial charge in [-0.3, -0.25) is 0 Å². The fourth-order valence-electron chi connectivity index (χ4n) is 2.35. The molecule has 98 valence electrons. The highest BCUT2D eigenvalue weighted by atomic mass is 16.6. The molecule has 3 heteroatoms. The van der Waals surface area contributed by atoms with Crippen molar-refractivity contribution in [2.24, 2.45) is 5.92 Å². The van der Waals surface area contributed by atoms with Crippen molar-refractivity contribution in [1.29, 1.82) is 0 Å². The monoisotopic (exact) mass is 247 g/mol. The lowest BCUT2D eigenvalue weighted by molar-refractivity contribution is 0.171. The fraction of sp³-hybridized carbons (Fsp3) is 0.600. The van der Waals surface area contributed by atoms with E-state index in [2.05, 4.69) is 17.4 Å². The molecule has 1 N–H and O–H groups in total. The lowest BCUT2D eigenvalue weighted by Crippen LogP contribution is -2.17. The molecule has 1 aliphatic carbocycles. The summed E-state index contributed by atoms with van der Waals surface area (Å²) in [6, 6.07) is 6.21. The predicted octanol–water partition coefficient (Wildman–Crippen LogP) is 2.74. The molecule has 0 unspecified atom stereocenters. The molecule has 1 heterocycles. The van der Waals surface area contributed by atoms with Gasteiger partial charge in [0.05, 0.1) is 0 Å². The summed E-state index contributed by atoms with van der Waals surface area (Å²) in [6.45, 7) is 3.35. The molecular formula is C15H21NO2. The number of hydrogen-bond donors (Lipinski definition) is 1. The van der Waals surface area contributed by atoms with Gasteiger partial charge in [0.25, 0.3) is 0 Å². The van der Waals surface area contributed by atoms with Gasteiger partial charge in [0.1, 0.15) is 13.2 Å². The van der Waals surface area contributed by atoms with Crippen LogP contribution in [0.25, 0.3) is 0 Å². The fourth-order valence-corrected chi connectivity index (χ4v) is 2.35. The first-order valence-electron chi connectivity index (χ1n) is 7.01. The minimum atomic E-state index is 0.658. The summed E-state index contributed by atoms with van der Waals surface area (Å²) in [5.41, 5.74) is 1.27. The van der Waals surface area contributed by atoms with Crippen molar-refractivity contribution in [2.75, 3.05) is 19.8 Å². The quantitative estimate of drug-likeness (QED) is 0.784. The molecular weight excluding hydrogens is 226 g/mol. The largest absolute Gasteiger partial charge is 0.486 e. The Morgan fingerprint density at radius 2 is 1.94 bits per heavy atom. The highest BCUT2D eigenvalue weighted by Crippen LogP contribution is 2.33. The van der Waals surface area contributed by atoms with E-state index in [1.165, 1.54) is 31.2 Å². The third kappa shape index (κ3) is 3.16. The number of ether oxygens (including phenoxy) is 2. The summed E-state index contributed by atoms with van der Waals surface area (Å²) in [5, 5.41) is 3.50. The molecule has 1 aromatic rings. The number of rotatable bonds is 6. The molecule has 3 nitrogen and oxygen atoms in total. The maximum atomic E-state index is 5.58. The Balaban J connectivity index is 1.43. The summed E-state index contributed by atoms with van der Waals surface area (Å²) < 4.78 is 11.1. The van der Waals surface area contributed by atoms with Gasteiger partial charge in [-0.05, 0) is 43.0 Å². The minimum Gasteiger partial charge on any atom is -0.486 e. The first kappa shape index (κ1) is 11.8. The normalized spacial score (nSPS) is 17.8. The van der Waals surface area contributed by atoms with E-state index < -0.39 is 0 Å². The highest BCUT2D eigenvalue weighted by molar-refractivity contribution is 5.43. The van der Waals surface area contributed by atoms with E-state index in [0.29, 0.717) is 13.2 Å². The maximum Gasteiger partial charge on any atom is 0.161 e. The van der Waals surface area contributed by atoms with Crippen LogP contribution in [0.2, 0.25) is 0 Å². The molecule has 1 aromatic carbocycles. The molecule has 18 heavy (non-hydrogen) atoms. The number of hydrogen-bond acceptors (Lipinski definition) is 3. The average Bonchev–Trinajstić information content (AvgIpc) is 3.22. The third-order valence-corrected chi connectivity index (χ3v) is 3.60. The number of fused-ring (bicyclic) bond motifs is 1. The molecule has 0 amide bonds. The smallest absolute Gasteiger partial charge is 0.161 e. The zero-order valence-corrected chi connectivity index (χ0v) is 10.8. The maximum absolute atomic E-state index is 5.58. The van der Waals surface area contributed by atoms with Crippen molar-refractivity contribution < 1.29 is 9.47 Å². The summed E-state index contributed by atoms with van der Waals surface area (Å²) in [5.74, 6) is 2.80. The van der Waals surface area contributed by atoms with E-state index >= 15 is 0 Å². The van der Waals surface area contributed by atoms with Crippen LogP contribution in [0.15, 0.2) is 18.2 Å². The van der Waals surface area contributed by atoms with Crippen LogP contribution in [0.5, 0.6) is 11.5 Å². The lowest BCUT2D eigenvalue weighted by Gasteiger charge is -2.19. The Hall–Kier alpha value is -1.22. The zero-order valence-electron chi connectivity index (χ0n) is 10.8. The van der Waals surface area contributed by atoms with Gasteiger partial charge in [-0.25, -0.2) is 0 Å². The zero-order chi connectivity index (χ0) is 12.2. The first-order valence-corrected chi connectivity index (χ1v) is 7.01. The van der Waals surface area contributed by atoms with Gasteiger partial charge in [-0.2, -0.15) is 0 Å². The van der Waals surface area contributed by atoms with E-state index in [1.54, 1.807) is 0 Å². The summed E-state index contributed by atoms with van der Waals surface area (Å²) in [7, 11) is 0. The van der Waals surface area contributed by atoms with Gasteiger partial charge in [-0.15, -0.1) is 0 Å². The van der Waals surface area contributed by atoms with Crippen LogP contribution < -0.4 is 14.8 Å². The third-order valence-electron chi connectivity index (χ3n) is 3.60. The lowest BCUT2D eigenvalue weighted by atomic mass is 10.2. The van der Waals surface area contributed by atoms with Crippen LogP contribution >= 0.6 is 0 Å². The second-order valence-corrected chi connectivity index (χ2v) is 5.24. The molecule has 0 saturated heterocycles. The molecule has 1 saturated carbocycles. The van der Waals surface area contributed by atoms with Crippen LogP contribution in [0, 0.1) is 5.92 Å². The van der Waals surface area contributed by atoms with E-state index in [4.69, 9.17) is 9.47 Å². The number of nitrogens with one attached hydrogen (secondary N) is 1. The van der Waals surface area contributed by atoms with Gasteiger partial charge < -0.3 is 14.8 Å². The van der Waals surface area contributed by atoms with E-state index in [-0.39, 0.29) is 0 Å². The van der Waals surface area contributed by atoms with Gasteiger partial charge in [0.2, 0.25) is 0 Å². The molecule has 0 spiro atoms. The highest BCUT2D eigenvalue weighted by Gasteiger charge is 2.19.